The van der Waals surface area contributed by atoms with E-state index >= 15 is 0 Å². The highest BCUT2D eigenvalue weighted by Crippen LogP contribution is 2.38. The van der Waals surface area contributed by atoms with Gasteiger partial charge in [-0.05, 0) is 55.3 Å². The first kappa shape index (κ1) is 21.5. The number of methoxy groups -OCH3 is 1. The van der Waals surface area contributed by atoms with Crippen LogP contribution in [0.4, 0.5) is 9.39 Å². The molecular formula is C23H22FNO4S. The van der Waals surface area contributed by atoms with Crippen LogP contribution in [0.1, 0.15) is 29.8 Å². The van der Waals surface area contributed by atoms with Gasteiger partial charge in [-0.15, -0.1) is 11.3 Å². The van der Waals surface area contributed by atoms with Gasteiger partial charge in [-0.1, -0.05) is 12.1 Å². The predicted molar refractivity (Wildman–Crippen MR) is 117 cm³/mol. The van der Waals surface area contributed by atoms with Crippen LogP contribution in [0.25, 0.3) is 11.1 Å². The van der Waals surface area contributed by atoms with Gasteiger partial charge in [-0.2, -0.15) is 0 Å². The third kappa shape index (κ3) is 4.86. The fourth-order valence-corrected chi connectivity index (χ4v) is 3.77. The Morgan fingerprint density at radius 1 is 1.10 bits per heavy atom. The van der Waals surface area contributed by atoms with Gasteiger partial charge in [0.2, 0.25) is 0 Å². The molecule has 0 aliphatic rings. The second kappa shape index (κ2) is 10.0. The summed E-state index contributed by atoms with van der Waals surface area (Å²) >= 11 is 1.32. The minimum atomic E-state index is -0.463. The largest absolute Gasteiger partial charge is 0.493 e. The maximum Gasteiger partial charge on any atom is 0.341 e. The van der Waals surface area contributed by atoms with Crippen LogP contribution in [-0.2, 0) is 4.74 Å². The first-order chi connectivity index (χ1) is 14.6. The molecule has 1 heterocycles. The van der Waals surface area contributed by atoms with E-state index in [1.54, 1.807) is 32.4 Å². The molecule has 7 heteroatoms. The fraction of sp³-hybridized carbons (Fsp3) is 0.217. The molecule has 0 N–H and O–H groups in total. The first-order valence-corrected chi connectivity index (χ1v) is 10.3. The van der Waals surface area contributed by atoms with Crippen molar-refractivity contribution >= 4 is 28.5 Å². The maximum absolute atomic E-state index is 13.3. The van der Waals surface area contributed by atoms with Crippen molar-refractivity contribution < 1.29 is 23.4 Å². The van der Waals surface area contributed by atoms with Crippen molar-refractivity contribution in [3.8, 4) is 22.6 Å². The molecule has 0 spiro atoms. The standard InChI is InChI=1S/C23H22FNO4S/c1-4-28-19-11-6-15(12-20(19)27-3)13-25-22-21(23(26)29-5-2)18(14-30-22)16-7-9-17(24)10-8-16/h6-14H,4-5H2,1-3H3. The van der Waals surface area contributed by atoms with Gasteiger partial charge in [0.15, 0.2) is 11.5 Å². The van der Waals surface area contributed by atoms with E-state index in [-0.39, 0.29) is 12.4 Å². The number of nitrogens with zero attached hydrogens (tertiary/aromatic N) is 1. The third-order valence-corrected chi connectivity index (χ3v) is 5.11. The van der Waals surface area contributed by atoms with E-state index in [1.807, 2.05) is 30.5 Å². The summed E-state index contributed by atoms with van der Waals surface area (Å²) in [5.74, 6) is 0.451. The lowest BCUT2D eigenvalue weighted by Crippen LogP contribution is -2.05. The van der Waals surface area contributed by atoms with Gasteiger partial charge < -0.3 is 14.2 Å². The summed E-state index contributed by atoms with van der Waals surface area (Å²) in [5.41, 5.74) is 2.54. The summed E-state index contributed by atoms with van der Waals surface area (Å²) in [6.07, 6.45) is 1.65. The van der Waals surface area contributed by atoms with E-state index in [9.17, 15) is 9.18 Å². The van der Waals surface area contributed by atoms with Crippen molar-refractivity contribution in [1.82, 2.24) is 0 Å². The van der Waals surface area contributed by atoms with Crippen LogP contribution in [0.3, 0.4) is 0 Å². The Morgan fingerprint density at radius 3 is 2.53 bits per heavy atom. The number of thiophene rings is 1. The highest BCUT2D eigenvalue weighted by Gasteiger charge is 2.21. The Bertz CT molecular complexity index is 1040. The van der Waals surface area contributed by atoms with Crippen molar-refractivity contribution in [1.29, 1.82) is 0 Å². The van der Waals surface area contributed by atoms with E-state index in [1.165, 1.54) is 23.5 Å². The van der Waals surface area contributed by atoms with Gasteiger partial charge in [-0.25, -0.2) is 14.2 Å². The first-order valence-electron chi connectivity index (χ1n) is 9.46. The summed E-state index contributed by atoms with van der Waals surface area (Å²) in [7, 11) is 1.58. The molecule has 30 heavy (non-hydrogen) atoms. The van der Waals surface area contributed by atoms with Crippen LogP contribution in [-0.4, -0.2) is 32.5 Å². The Kier molecular flexibility index (Phi) is 7.19. The van der Waals surface area contributed by atoms with Crippen LogP contribution in [0, 0.1) is 5.82 Å². The van der Waals surface area contributed by atoms with E-state index < -0.39 is 5.97 Å². The summed E-state index contributed by atoms with van der Waals surface area (Å²) in [5, 5.41) is 2.34. The van der Waals surface area contributed by atoms with Gasteiger partial charge in [0.1, 0.15) is 16.4 Å². The highest BCUT2D eigenvalue weighted by molar-refractivity contribution is 7.14. The fourth-order valence-electron chi connectivity index (χ4n) is 2.86. The summed E-state index contributed by atoms with van der Waals surface area (Å²) in [4.78, 5) is 17.1. The number of aliphatic imine (C=N–C) groups is 1. The van der Waals surface area contributed by atoms with Crippen molar-refractivity contribution in [3.63, 3.8) is 0 Å². The molecule has 0 atom stereocenters. The molecule has 5 nitrogen and oxygen atoms in total. The third-order valence-electron chi connectivity index (χ3n) is 4.22. The summed E-state index contributed by atoms with van der Waals surface area (Å²) < 4.78 is 29.4. The van der Waals surface area contributed by atoms with Crippen molar-refractivity contribution in [2.24, 2.45) is 4.99 Å². The molecule has 1 aromatic heterocycles. The molecule has 0 saturated carbocycles. The van der Waals surface area contributed by atoms with Crippen LogP contribution in [0.15, 0.2) is 52.8 Å². The van der Waals surface area contributed by atoms with Gasteiger partial charge >= 0.3 is 5.97 Å². The molecule has 2 aromatic carbocycles. The molecule has 0 unspecified atom stereocenters. The number of ether oxygens (including phenoxy) is 3. The van der Waals surface area contributed by atoms with Crippen molar-refractivity contribution in [3.05, 3.63) is 64.8 Å². The number of carbonyl (C=O) groups excluding carboxylic acids is 1. The van der Waals surface area contributed by atoms with Gasteiger partial charge in [0.05, 0.1) is 20.3 Å². The minimum absolute atomic E-state index is 0.247. The lowest BCUT2D eigenvalue weighted by Gasteiger charge is -2.09. The normalized spacial score (nSPS) is 10.9. The quantitative estimate of drug-likeness (QED) is 0.332. The number of benzene rings is 2. The van der Waals surface area contributed by atoms with Crippen LogP contribution < -0.4 is 9.47 Å². The van der Waals surface area contributed by atoms with Gasteiger partial charge in [0.25, 0.3) is 0 Å². The average molecular weight is 427 g/mol. The van der Waals surface area contributed by atoms with E-state index in [2.05, 4.69) is 4.99 Å². The van der Waals surface area contributed by atoms with Gasteiger partial charge in [-0.3, -0.25) is 0 Å². The van der Waals surface area contributed by atoms with E-state index in [0.29, 0.717) is 34.2 Å². The lowest BCUT2D eigenvalue weighted by molar-refractivity contribution is 0.0529. The van der Waals surface area contributed by atoms with E-state index in [0.717, 1.165) is 11.1 Å². The molecule has 0 aliphatic heterocycles. The highest BCUT2D eigenvalue weighted by atomic mass is 32.1. The zero-order valence-electron chi connectivity index (χ0n) is 17.0. The van der Waals surface area contributed by atoms with Crippen LogP contribution in [0.2, 0.25) is 0 Å². The van der Waals surface area contributed by atoms with Crippen LogP contribution in [0.5, 0.6) is 11.5 Å². The monoisotopic (exact) mass is 427 g/mol. The summed E-state index contributed by atoms with van der Waals surface area (Å²) in [6.45, 7) is 4.43. The van der Waals surface area contributed by atoms with Crippen molar-refractivity contribution in [2.45, 2.75) is 13.8 Å². The molecule has 0 radical (unpaired) electrons. The number of rotatable bonds is 8. The second-order valence-electron chi connectivity index (χ2n) is 6.16. The molecular weight excluding hydrogens is 405 g/mol. The topological polar surface area (TPSA) is 57.1 Å². The molecule has 0 aliphatic carbocycles. The zero-order chi connectivity index (χ0) is 21.5. The van der Waals surface area contributed by atoms with Crippen LogP contribution >= 0.6 is 11.3 Å². The number of carbonyl (C=O) groups is 1. The Balaban J connectivity index is 1.97. The minimum Gasteiger partial charge on any atom is -0.493 e. The number of hydrogen-bond donors (Lipinski definition) is 0. The van der Waals surface area contributed by atoms with Gasteiger partial charge in [0, 0.05) is 17.2 Å². The Hall–Kier alpha value is -3.19. The molecule has 0 saturated heterocycles. The number of halogens is 1. The predicted octanol–water partition coefficient (Wildman–Crippen LogP) is 5.89. The lowest BCUT2D eigenvalue weighted by atomic mass is 10.0. The Morgan fingerprint density at radius 2 is 1.87 bits per heavy atom. The molecule has 0 amide bonds. The molecule has 3 aromatic rings. The molecule has 3 rings (SSSR count). The summed E-state index contributed by atoms with van der Waals surface area (Å²) in [6, 6.07) is 11.5. The average Bonchev–Trinajstić information content (AvgIpc) is 3.18. The SMILES string of the molecule is CCOC(=O)c1c(-c2ccc(F)cc2)csc1N=Cc1ccc(OCC)c(OC)c1. The second-order valence-corrected chi connectivity index (χ2v) is 7.02. The molecule has 0 fully saturated rings. The van der Waals surface area contributed by atoms with E-state index in [4.69, 9.17) is 14.2 Å². The number of esters is 1. The zero-order valence-corrected chi connectivity index (χ0v) is 17.8. The molecule has 156 valence electrons. The number of hydrogen-bond acceptors (Lipinski definition) is 6. The maximum atomic E-state index is 13.3. The smallest absolute Gasteiger partial charge is 0.341 e. The Labute approximate surface area is 178 Å². The van der Waals surface area contributed by atoms with Crippen molar-refractivity contribution in [2.75, 3.05) is 20.3 Å². The molecule has 0 bridgehead atoms.